The Balaban J connectivity index is 1.55. The fourth-order valence-corrected chi connectivity index (χ4v) is 4.89. The molecule has 1 aromatic rings. The quantitative estimate of drug-likeness (QED) is 0.674. The summed E-state index contributed by atoms with van der Waals surface area (Å²) < 4.78 is 5.39. The molecule has 1 amide bonds. The van der Waals surface area contributed by atoms with Gasteiger partial charge in [-0.1, -0.05) is 37.3 Å². The molecule has 0 radical (unpaired) electrons. The Hall–Kier alpha value is -1.99. The number of hydrogen-bond donors (Lipinski definition) is 2. The van der Waals surface area contributed by atoms with Crippen molar-refractivity contribution in [2.75, 3.05) is 25.4 Å². The van der Waals surface area contributed by atoms with Gasteiger partial charge in [-0.25, -0.2) is 0 Å². The summed E-state index contributed by atoms with van der Waals surface area (Å²) in [6, 6.07) is 9.38. The number of amides is 1. The number of nitrogens with zero attached hydrogens (tertiary/aromatic N) is 1. The average molecular weight is 404 g/mol. The maximum atomic E-state index is 12.4. The normalized spacial score (nSPS) is 22.6. The molecule has 0 aromatic heterocycles. The number of thioether (sulfide) groups is 1. The summed E-state index contributed by atoms with van der Waals surface area (Å²) in [5, 5.41) is 3.54. The number of rotatable bonds is 7. The lowest BCUT2D eigenvalue weighted by Gasteiger charge is -2.24. The van der Waals surface area contributed by atoms with Gasteiger partial charge in [-0.05, 0) is 24.5 Å². The van der Waals surface area contributed by atoms with Crippen LogP contribution in [0.4, 0.5) is 0 Å². The van der Waals surface area contributed by atoms with E-state index in [1.807, 2.05) is 49.0 Å². The first-order chi connectivity index (χ1) is 13.5. The summed E-state index contributed by atoms with van der Waals surface area (Å²) in [6.07, 6.45) is 0.979. The van der Waals surface area contributed by atoms with Crippen LogP contribution in [0.5, 0.6) is 0 Å². The summed E-state index contributed by atoms with van der Waals surface area (Å²) in [6.45, 7) is 5.92. The Bertz CT molecular complexity index is 738. The van der Waals surface area contributed by atoms with Gasteiger partial charge in [0, 0.05) is 29.8 Å². The van der Waals surface area contributed by atoms with Crippen molar-refractivity contribution in [1.29, 1.82) is 0 Å². The van der Waals surface area contributed by atoms with Crippen LogP contribution in [-0.4, -0.2) is 59.6 Å². The predicted octanol–water partition coefficient (Wildman–Crippen LogP) is 1.70. The minimum atomic E-state index is -0.555. The fourth-order valence-electron chi connectivity index (χ4n) is 3.51. The van der Waals surface area contributed by atoms with E-state index in [-0.39, 0.29) is 17.9 Å². The van der Waals surface area contributed by atoms with Gasteiger partial charge in [-0.3, -0.25) is 9.59 Å². The van der Waals surface area contributed by atoms with E-state index < -0.39 is 6.04 Å². The van der Waals surface area contributed by atoms with Crippen molar-refractivity contribution in [2.45, 2.75) is 44.0 Å². The number of allylic oxidation sites excluding steroid dienone is 1. The lowest BCUT2D eigenvalue weighted by Crippen LogP contribution is -2.43. The first-order valence-electron chi connectivity index (χ1n) is 9.78. The highest BCUT2D eigenvalue weighted by atomic mass is 32.2. The third-order valence-corrected chi connectivity index (χ3v) is 6.83. The van der Waals surface area contributed by atoms with Crippen LogP contribution < -0.4 is 11.1 Å². The molecule has 3 atom stereocenters. The molecule has 28 heavy (non-hydrogen) atoms. The Kier molecular flexibility index (Phi) is 7.02. The molecule has 0 aliphatic carbocycles. The monoisotopic (exact) mass is 403 g/mol. The van der Waals surface area contributed by atoms with Gasteiger partial charge in [0.25, 0.3) is 0 Å². The van der Waals surface area contributed by atoms with Crippen LogP contribution >= 0.6 is 11.8 Å². The van der Waals surface area contributed by atoms with E-state index in [1.54, 1.807) is 0 Å². The molecule has 0 saturated carbocycles. The molecular formula is C21H29N3O3S. The third kappa shape index (κ3) is 5.08. The van der Waals surface area contributed by atoms with Crippen LogP contribution in [0.2, 0.25) is 0 Å². The summed E-state index contributed by atoms with van der Waals surface area (Å²) in [7, 11) is 0. The van der Waals surface area contributed by atoms with Crippen molar-refractivity contribution in [3.63, 3.8) is 0 Å². The Labute approximate surface area is 170 Å². The van der Waals surface area contributed by atoms with E-state index in [0.717, 1.165) is 35.7 Å². The Morgan fingerprint density at radius 2 is 2.07 bits per heavy atom. The number of fused-ring (bicyclic) bond motifs is 2. The second-order valence-corrected chi connectivity index (χ2v) is 8.63. The Morgan fingerprint density at radius 1 is 1.32 bits per heavy atom. The minimum absolute atomic E-state index is 0.0635. The number of benzene rings is 1. The summed E-state index contributed by atoms with van der Waals surface area (Å²) in [5.74, 6) is 0.518. The van der Waals surface area contributed by atoms with Gasteiger partial charge in [0.2, 0.25) is 5.91 Å². The molecule has 3 unspecified atom stereocenters. The number of ether oxygens (including phenoxy) is 1. The highest BCUT2D eigenvalue weighted by Crippen LogP contribution is 2.33. The molecule has 7 heteroatoms. The zero-order valence-electron chi connectivity index (χ0n) is 16.5. The highest BCUT2D eigenvalue weighted by Gasteiger charge is 2.37. The van der Waals surface area contributed by atoms with Crippen LogP contribution in [0.25, 0.3) is 0 Å². The summed E-state index contributed by atoms with van der Waals surface area (Å²) in [4.78, 5) is 26.6. The molecule has 152 valence electrons. The molecule has 1 aromatic carbocycles. The van der Waals surface area contributed by atoms with Crippen LogP contribution in [0, 0.1) is 0 Å². The van der Waals surface area contributed by atoms with Crippen molar-refractivity contribution in [3.8, 4) is 0 Å². The number of carbonyl (C=O) groups excluding carboxylic acids is 2. The van der Waals surface area contributed by atoms with E-state index in [4.69, 9.17) is 10.5 Å². The minimum Gasteiger partial charge on any atom is -0.460 e. The van der Waals surface area contributed by atoms with E-state index in [9.17, 15) is 9.59 Å². The Morgan fingerprint density at radius 3 is 2.79 bits per heavy atom. The van der Waals surface area contributed by atoms with E-state index >= 15 is 0 Å². The second-order valence-electron chi connectivity index (χ2n) is 7.40. The smallest absolute Gasteiger partial charge is 0.323 e. The van der Waals surface area contributed by atoms with Gasteiger partial charge in [0.05, 0.1) is 12.5 Å². The SMILES string of the molecule is CCC(N)C(=O)OCC1=C(C)N2CC(NC(=O)Cc3ccccc3)C(C2)SC1. The average Bonchev–Trinajstić information content (AvgIpc) is 3.02. The van der Waals surface area contributed by atoms with Crippen LogP contribution in [0.3, 0.4) is 0 Å². The summed E-state index contributed by atoms with van der Waals surface area (Å²) >= 11 is 1.82. The van der Waals surface area contributed by atoms with Gasteiger partial charge in [0.1, 0.15) is 12.6 Å². The molecule has 2 aliphatic rings. The topological polar surface area (TPSA) is 84.7 Å². The molecule has 0 spiro atoms. The molecule has 3 N–H and O–H groups in total. The number of nitrogens with one attached hydrogen (secondary N) is 1. The van der Waals surface area contributed by atoms with Crippen molar-refractivity contribution in [3.05, 3.63) is 47.2 Å². The molecule has 3 rings (SSSR count). The largest absolute Gasteiger partial charge is 0.460 e. The van der Waals surface area contributed by atoms with Crippen molar-refractivity contribution in [1.82, 2.24) is 10.2 Å². The zero-order valence-corrected chi connectivity index (χ0v) is 17.3. The van der Waals surface area contributed by atoms with Gasteiger partial charge in [-0.15, -0.1) is 11.8 Å². The predicted molar refractivity (Wildman–Crippen MR) is 112 cm³/mol. The van der Waals surface area contributed by atoms with Crippen molar-refractivity contribution >= 4 is 23.6 Å². The molecule has 1 fully saturated rings. The summed E-state index contributed by atoms with van der Waals surface area (Å²) in [5.41, 5.74) is 9.03. The number of nitrogens with two attached hydrogens (primary N) is 1. The molecule has 2 bridgehead atoms. The van der Waals surface area contributed by atoms with Gasteiger partial charge in [-0.2, -0.15) is 0 Å². The van der Waals surface area contributed by atoms with Crippen LogP contribution in [0.15, 0.2) is 41.6 Å². The molecule has 2 aliphatic heterocycles. The molecular weight excluding hydrogens is 374 g/mol. The van der Waals surface area contributed by atoms with Gasteiger partial charge >= 0.3 is 5.97 Å². The lowest BCUT2D eigenvalue weighted by molar-refractivity contribution is -0.144. The maximum Gasteiger partial charge on any atom is 0.323 e. The van der Waals surface area contributed by atoms with E-state index in [0.29, 0.717) is 24.7 Å². The number of carbonyl (C=O) groups is 2. The maximum absolute atomic E-state index is 12.4. The van der Waals surface area contributed by atoms with E-state index in [2.05, 4.69) is 17.1 Å². The molecule has 2 heterocycles. The number of hydrogen-bond acceptors (Lipinski definition) is 6. The van der Waals surface area contributed by atoms with E-state index in [1.165, 1.54) is 0 Å². The third-order valence-electron chi connectivity index (χ3n) is 5.41. The highest BCUT2D eigenvalue weighted by molar-refractivity contribution is 8.00. The first kappa shape index (κ1) is 20.7. The van der Waals surface area contributed by atoms with Crippen molar-refractivity contribution in [2.24, 2.45) is 5.73 Å². The van der Waals surface area contributed by atoms with Crippen molar-refractivity contribution < 1.29 is 14.3 Å². The molecule has 6 nitrogen and oxygen atoms in total. The number of esters is 1. The standard InChI is InChI=1S/C21H29N3O3S/c1-3-17(22)21(26)27-12-16-13-28-19-11-24(14(16)2)10-18(19)23-20(25)9-15-7-5-4-6-8-15/h4-8,17-19H,3,9-13,22H2,1-2H3,(H,23,25). The zero-order chi connectivity index (χ0) is 20.1. The molecule has 1 saturated heterocycles. The van der Waals surface area contributed by atoms with Gasteiger partial charge in [0.15, 0.2) is 0 Å². The fraction of sp³-hybridized carbons (Fsp3) is 0.524. The van der Waals surface area contributed by atoms with Gasteiger partial charge < -0.3 is 20.7 Å². The van der Waals surface area contributed by atoms with Crippen LogP contribution in [0.1, 0.15) is 25.8 Å². The van der Waals surface area contributed by atoms with Crippen LogP contribution in [-0.2, 0) is 20.7 Å². The lowest BCUT2D eigenvalue weighted by atomic mass is 10.1. The first-order valence-corrected chi connectivity index (χ1v) is 10.8. The second kappa shape index (κ2) is 9.47.